The van der Waals surface area contributed by atoms with Crippen LogP contribution in [0.2, 0.25) is 0 Å². The molecule has 1 aliphatic rings. The summed E-state index contributed by atoms with van der Waals surface area (Å²) in [6.45, 7) is 0.0839. The highest BCUT2D eigenvalue weighted by molar-refractivity contribution is 7.89. The molecule has 1 aliphatic heterocycles. The normalized spacial score (nSPS) is 13.2. The molecular formula is C20H20F2N2O7S. The zero-order valence-electron chi connectivity index (χ0n) is 16.7. The number of halogens is 2. The van der Waals surface area contributed by atoms with Gasteiger partial charge in [-0.05, 0) is 30.3 Å². The van der Waals surface area contributed by atoms with Gasteiger partial charge < -0.3 is 19.5 Å². The molecule has 1 heterocycles. The van der Waals surface area contributed by atoms with E-state index in [0.717, 1.165) is 12.5 Å². The second kappa shape index (κ2) is 10.4. The first-order valence-electron chi connectivity index (χ1n) is 9.54. The summed E-state index contributed by atoms with van der Waals surface area (Å²) in [6, 6.07) is 6.96. The van der Waals surface area contributed by atoms with Gasteiger partial charge >= 0.3 is 5.97 Å². The standard InChI is InChI=1S/C20H20F2N2O7S/c21-15-4-3-14(11-16(15)22)32(27,28)23-7-6-20(26)31-12-19(25)24-13-2-5-17-18(10-13)30-9-1-8-29-17/h2-5,10-11,23H,1,6-9,12H2,(H,24,25). The molecule has 3 rings (SSSR count). The van der Waals surface area contributed by atoms with Crippen molar-refractivity contribution in [2.75, 3.05) is 31.7 Å². The molecule has 2 aromatic carbocycles. The van der Waals surface area contributed by atoms with Gasteiger partial charge in [0.2, 0.25) is 10.0 Å². The molecule has 0 aromatic heterocycles. The Labute approximate surface area is 182 Å². The zero-order valence-corrected chi connectivity index (χ0v) is 17.5. The SMILES string of the molecule is O=C(COC(=O)CCNS(=O)(=O)c1ccc(F)c(F)c1)Nc1ccc2c(c1)OCCCO2. The molecule has 2 aromatic rings. The fourth-order valence-electron chi connectivity index (χ4n) is 2.67. The molecule has 0 saturated heterocycles. The van der Waals surface area contributed by atoms with Crippen LogP contribution >= 0.6 is 0 Å². The van der Waals surface area contributed by atoms with Gasteiger partial charge in [-0.15, -0.1) is 0 Å². The number of amides is 1. The minimum absolute atomic E-state index is 0.357. The largest absolute Gasteiger partial charge is 0.490 e. The summed E-state index contributed by atoms with van der Waals surface area (Å²) in [4.78, 5) is 23.3. The van der Waals surface area contributed by atoms with Gasteiger partial charge in [0.25, 0.3) is 5.91 Å². The summed E-state index contributed by atoms with van der Waals surface area (Å²) in [5.41, 5.74) is 0.426. The third-order valence-electron chi connectivity index (χ3n) is 4.22. The molecule has 0 radical (unpaired) electrons. The number of rotatable bonds is 8. The van der Waals surface area contributed by atoms with Gasteiger partial charge in [0.05, 0.1) is 24.5 Å². The molecule has 0 fully saturated rings. The smallest absolute Gasteiger partial charge is 0.307 e. The molecular weight excluding hydrogens is 450 g/mol. The number of fused-ring (bicyclic) bond motifs is 1. The summed E-state index contributed by atoms with van der Waals surface area (Å²) in [7, 11) is -4.14. The minimum atomic E-state index is -4.14. The van der Waals surface area contributed by atoms with Gasteiger partial charge in [0.1, 0.15) is 0 Å². The number of hydrogen-bond donors (Lipinski definition) is 2. The summed E-state index contributed by atoms with van der Waals surface area (Å²) in [5, 5.41) is 2.55. The van der Waals surface area contributed by atoms with Gasteiger partial charge in [-0.1, -0.05) is 0 Å². The van der Waals surface area contributed by atoms with Crippen molar-refractivity contribution in [1.82, 2.24) is 4.72 Å². The lowest BCUT2D eigenvalue weighted by Gasteiger charge is -2.11. The molecule has 0 aliphatic carbocycles. The van der Waals surface area contributed by atoms with Crippen LogP contribution in [-0.4, -0.2) is 46.7 Å². The van der Waals surface area contributed by atoms with Crippen molar-refractivity contribution in [2.24, 2.45) is 0 Å². The van der Waals surface area contributed by atoms with Gasteiger partial charge in [-0.25, -0.2) is 21.9 Å². The second-order valence-corrected chi connectivity index (χ2v) is 8.41. The van der Waals surface area contributed by atoms with Gasteiger partial charge in [-0.3, -0.25) is 9.59 Å². The van der Waals surface area contributed by atoms with Crippen LogP contribution in [0.25, 0.3) is 0 Å². The Bertz CT molecular complexity index is 1110. The molecule has 0 bridgehead atoms. The fourth-order valence-corrected chi connectivity index (χ4v) is 3.71. The first-order valence-corrected chi connectivity index (χ1v) is 11.0. The van der Waals surface area contributed by atoms with E-state index < -0.39 is 45.0 Å². The summed E-state index contributed by atoms with van der Waals surface area (Å²) >= 11 is 0. The average molecular weight is 470 g/mol. The Morgan fingerprint density at radius 2 is 1.75 bits per heavy atom. The highest BCUT2D eigenvalue weighted by Crippen LogP contribution is 2.32. The van der Waals surface area contributed by atoms with Crippen molar-refractivity contribution in [3.8, 4) is 11.5 Å². The Morgan fingerprint density at radius 3 is 2.50 bits per heavy atom. The highest BCUT2D eigenvalue weighted by atomic mass is 32.2. The van der Waals surface area contributed by atoms with Crippen molar-refractivity contribution < 1.29 is 41.0 Å². The molecule has 12 heteroatoms. The highest BCUT2D eigenvalue weighted by Gasteiger charge is 2.17. The van der Waals surface area contributed by atoms with Crippen LogP contribution in [0.4, 0.5) is 14.5 Å². The molecule has 2 N–H and O–H groups in total. The van der Waals surface area contributed by atoms with Gasteiger partial charge in [-0.2, -0.15) is 0 Å². The maximum absolute atomic E-state index is 13.2. The predicted octanol–water partition coefficient (Wildman–Crippen LogP) is 1.98. The van der Waals surface area contributed by atoms with Crippen LogP contribution in [0.5, 0.6) is 11.5 Å². The number of hydrogen-bond acceptors (Lipinski definition) is 7. The van der Waals surface area contributed by atoms with Crippen LogP contribution in [0.3, 0.4) is 0 Å². The van der Waals surface area contributed by atoms with Crippen molar-refractivity contribution in [2.45, 2.75) is 17.7 Å². The lowest BCUT2D eigenvalue weighted by molar-refractivity contribution is -0.147. The Hall–Kier alpha value is -3.25. The fraction of sp³-hybridized carbons (Fsp3) is 0.300. The average Bonchev–Trinajstić information content (AvgIpc) is 2.99. The maximum atomic E-state index is 13.2. The number of carbonyl (C=O) groups is 2. The van der Waals surface area contributed by atoms with E-state index >= 15 is 0 Å². The van der Waals surface area contributed by atoms with Crippen LogP contribution in [-0.2, 0) is 24.3 Å². The van der Waals surface area contributed by atoms with Crippen LogP contribution in [0.1, 0.15) is 12.8 Å². The Morgan fingerprint density at radius 1 is 1.00 bits per heavy atom. The Balaban J connectivity index is 1.42. The molecule has 0 saturated carbocycles. The number of carbonyl (C=O) groups excluding carboxylic acids is 2. The number of sulfonamides is 1. The number of ether oxygens (including phenoxy) is 3. The van der Waals surface area contributed by atoms with E-state index in [-0.39, 0.29) is 13.0 Å². The Kier molecular flexibility index (Phi) is 7.59. The van der Waals surface area contributed by atoms with E-state index in [0.29, 0.717) is 42.5 Å². The van der Waals surface area contributed by atoms with Crippen LogP contribution < -0.4 is 19.5 Å². The lowest BCUT2D eigenvalue weighted by Crippen LogP contribution is -2.28. The van der Waals surface area contributed by atoms with E-state index in [4.69, 9.17) is 14.2 Å². The number of esters is 1. The lowest BCUT2D eigenvalue weighted by atomic mass is 10.2. The summed E-state index contributed by atoms with van der Waals surface area (Å²) in [6.07, 6.45) is 0.365. The number of nitrogens with one attached hydrogen (secondary N) is 2. The van der Waals surface area contributed by atoms with Gasteiger partial charge in [0.15, 0.2) is 29.7 Å². The van der Waals surface area contributed by atoms with Crippen molar-refractivity contribution in [3.05, 3.63) is 48.0 Å². The van der Waals surface area contributed by atoms with Gasteiger partial charge in [0, 0.05) is 24.7 Å². The molecule has 9 nitrogen and oxygen atoms in total. The first-order chi connectivity index (χ1) is 15.2. The number of anilines is 1. The maximum Gasteiger partial charge on any atom is 0.307 e. The zero-order chi connectivity index (χ0) is 23.1. The topological polar surface area (TPSA) is 120 Å². The van der Waals surface area contributed by atoms with E-state index in [1.165, 1.54) is 0 Å². The van der Waals surface area contributed by atoms with Crippen molar-refractivity contribution in [1.29, 1.82) is 0 Å². The summed E-state index contributed by atoms with van der Waals surface area (Å²) < 4.78 is 68.1. The van der Waals surface area contributed by atoms with Crippen LogP contribution in [0, 0.1) is 11.6 Å². The second-order valence-electron chi connectivity index (χ2n) is 6.64. The van der Waals surface area contributed by atoms with E-state index in [1.807, 2.05) is 0 Å². The molecule has 0 atom stereocenters. The van der Waals surface area contributed by atoms with E-state index in [9.17, 15) is 26.8 Å². The molecule has 172 valence electrons. The van der Waals surface area contributed by atoms with Crippen molar-refractivity contribution >= 4 is 27.6 Å². The molecule has 0 spiro atoms. The third-order valence-corrected chi connectivity index (χ3v) is 5.68. The molecule has 0 unspecified atom stereocenters. The van der Waals surface area contributed by atoms with E-state index in [1.54, 1.807) is 18.2 Å². The molecule has 32 heavy (non-hydrogen) atoms. The van der Waals surface area contributed by atoms with Crippen molar-refractivity contribution in [3.63, 3.8) is 0 Å². The van der Waals surface area contributed by atoms with Crippen LogP contribution in [0.15, 0.2) is 41.3 Å². The molecule has 1 amide bonds. The monoisotopic (exact) mass is 470 g/mol. The third kappa shape index (κ3) is 6.37. The first kappa shape index (κ1) is 23.4. The summed E-state index contributed by atoms with van der Waals surface area (Å²) in [5.74, 6) is -2.87. The van der Waals surface area contributed by atoms with E-state index in [2.05, 4.69) is 10.0 Å². The predicted molar refractivity (Wildman–Crippen MR) is 108 cm³/mol. The minimum Gasteiger partial charge on any atom is -0.490 e. The number of benzene rings is 2. The quantitative estimate of drug-likeness (QED) is 0.566.